The van der Waals surface area contributed by atoms with Crippen LogP contribution in [0.3, 0.4) is 0 Å². The second-order valence-electron chi connectivity index (χ2n) is 7.04. The Kier molecular flexibility index (Phi) is 5.39. The molecule has 2 aromatic heterocycles. The molecule has 2 aromatic rings. The van der Waals surface area contributed by atoms with Crippen LogP contribution in [0.4, 0.5) is 10.9 Å². The number of aryl methyl sites for hydroxylation is 1. The maximum absolute atomic E-state index is 6.01. The van der Waals surface area contributed by atoms with E-state index in [-0.39, 0.29) is 0 Å². The van der Waals surface area contributed by atoms with Crippen molar-refractivity contribution in [2.45, 2.75) is 33.2 Å². The van der Waals surface area contributed by atoms with Gasteiger partial charge in [0.2, 0.25) is 0 Å². The molecule has 1 aliphatic rings. The van der Waals surface area contributed by atoms with Crippen molar-refractivity contribution in [3.05, 3.63) is 41.0 Å². The molecular weight excluding hydrogens is 330 g/mol. The Morgan fingerprint density at radius 2 is 2.32 bits per heavy atom. The van der Waals surface area contributed by atoms with Gasteiger partial charge in [-0.3, -0.25) is 0 Å². The molecule has 1 atom stereocenters. The summed E-state index contributed by atoms with van der Waals surface area (Å²) < 4.78 is 0. The number of nitrogen functional groups attached to an aromatic ring is 1. The lowest BCUT2D eigenvalue weighted by Crippen LogP contribution is -2.51. The van der Waals surface area contributed by atoms with Crippen LogP contribution in [0, 0.1) is 12.8 Å². The molecule has 3 rings (SSSR count). The van der Waals surface area contributed by atoms with Crippen molar-refractivity contribution in [3.8, 4) is 0 Å². The lowest BCUT2D eigenvalue weighted by Gasteiger charge is -2.34. The van der Waals surface area contributed by atoms with E-state index in [4.69, 9.17) is 10.7 Å². The highest BCUT2D eigenvalue weighted by atomic mass is 32.1. The Hall–Kier alpha value is -1.92. The Morgan fingerprint density at radius 1 is 1.52 bits per heavy atom. The van der Waals surface area contributed by atoms with Crippen LogP contribution in [0.5, 0.6) is 0 Å². The lowest BCUT2D eigenvalue weighted by atomic mass is 10.0. The lowest BCUT2D eigenvalue weighted by molar-refractivity contribution is 0.388. The number of piperazine rings is 1. The van der Waals surface area contributed by atoms with Crippen LogP contribution in [0.2, 0.25) is 0 Å². The molecule has 1 saturated heterocycles. The number of anilines is 2. The van der Waals surface area contributed by atoms with Crippen molar-refractivity contribution in [3.63, 3.8) is 0 Å². The van der Waals surface area contributed by atoms with Gasteiger partial charge in [-0.1, -0.05) is 20.4 Å². The molecular formula is C19H27N5S. The number of rotatable bonds is 5. The average molecular weight is 358 g/mol. The third-order valence-electron chi connectivity index (χ3n) is 4.52. The Labute approximate surface area is 154 Å². The van der Waals surface area contributed by atoms with Gasteiger partial charge in [-0.15, -0.1) is 11.3 Å². The van der Waals surface area contributed by atoms with Crippen molar-refractivity contribution in [1.29, 1.82) is 0 Å². The molecule has 0 aromatic carbocycles. The van der Waals surface area contributed by atoms with Gasteiger partial charge in [-0.05, 0) is 31.4 Å². The monoisotopic (exact) mass is 357 g/mol. The van der Waals surface area contributed by atoms with Crippen molar-refractivity contribution in [2.75, 3.05) is 30.3 Å². The minimum atomic E-state index is 0.501. The Balaban J connectivity index is 1.80. The molecule has 0 bridgehead atoms. The number of nitrogens with zero attached hydrogens (tertiary/aromatic N) is 3. The maximum atomic E-state index is 6.01. The standard InChI is InChI=1S/C19H27N5S/c1-12(2)10-15-11-24(9-8-21-15)19-23-17(14(4)25-19)13(3)16-6-5-7-22-18(16)20/h5-7,12,15,21H,3,8-11H2,1-2,4H3,(H2,20,22)/t15-/m0/s1. The summed E-state index contributed by atoms with van der Waals surface area (Å²) in [5.74, 6) is 1.19. The van der Waals surface area contributed by atoms with E-state index in [1.54, 1.807) is 17.5 Å². The summed E-state index contributed by atoms with van der Waals surface area (Å²) in [6.45, 7) is 13.9. The van der Waals surface area contributed by atoms with Crippen LogP contribution in [0.25, 0.3) is 5.57 Å². The highest BCUT2D eigenvalue weighted by molar-refractivity contribution is 7.15. The normalized spacial score (nSPS) is 17.9. The fourth-order valence-electron chi connectivity index (χ4n) is 3.32. The summed E-state index contributed by atoms with van der Waals surface area (Å²) in [7, 11) is 0. The van der Waals surface area contributed by atoms with Gasteiger partial charge < -0.3 is 16.0 Å². The minimum absolute atomic E-state index is 0.501. The predicted molar refractivity (Wildman–Crippen MR) is 107 cm³/mol. The van der Waals surface area contributed by atoms with Crippen LogP contribution < -0.4 is 16.0 Å². The second-order valence-corrected chi connectivity index (χ2v) is 8.22. The molecule has 0 aliphatic carbocycles. The molecule has 0 radical (unpaired) electrons. The summed E-state index contributed by atoms with van der Waals surface area (Å²) in [5, 5.41) is 4.70. The summed E-state index contributed by atoms with van der Waals surface area (Å²) in [4.78, 5) is 12.6. The molecule has 0 spiro atoms. The molecule has 134 valence electrons. The highest BCUT2D eigenvalue weighted by Gasteiger charge is 2.24. The number of hydrogen-bond acceptors (Lipinski definition) is 6. The Bertz CT molecular complexity index is 752. The third-order valence-corrected chi connectivity index (χ3v) is 5.55. The van der Waals surface area contributed by atoms with Gasteiger partial charge in [-0.25, -0.2) is 9.97 Å². The van der Waals surface area contributed by atoms with Crippen molar-refractivity contribution in [1.82, 2.24) is 15.3 Å². The third kappa shape index (κ3) is 4.02. The van der Waals surface area contributed by atoms with Crippen LogP contribution in [-0.4, -0.2) is 35.6 Å². The number of nitrogens with one attached hydrogen (secondary N) is 1. The zero-order chi connectivity index (χ0) is 18.0. The van der Waals surface area contributed by atoms with Gasteiger partial charge >= 0.3 is 0 Å². The van der Waals surface area contributed by atoms with E-state index in [1.807, 2.05) is 12.1 Å². The van der Waals surface area contributed by atoms with E-state index >= 15 is 0 Å². The van der Waals surface area contributed by atoms with Crippen LogP contribution in [0.1, 0.15) is 36.4 Å². The number of nitrogens with two attached hydrogens (primary N) is 1. The van der Waals surface area contributed by atoms with E-state index in [0.717, 1.165) is 41.6 Å². The van der Waals surface area contributed by atoms with Gasteiger partial charge in [0.1, 0.15) is 5.82 Å². The number of pyridine rings is 1. The van der Waals surface area contributed by atoms with E-state index < -0.39 is 0 Å². The predicted octanol–water partition coefficient (Wildman–Crippen LogP) is 3.31. The molecule has 25 heavy (non-hydrogen) atoms. The SMILES string of the molecule is C=C(c1cccnc1N)c1nc(N2CCN[C@@H](CC(C)C)C2)sc1C. The zero-order valence-corrected chi connectivity index (χ0v) is 16.1. The highest BCUT2D eigenvalue weighted by Crippen LogP contribution is 2.34. The molecule has 0 amide bonds. The van der Waals surface area contributed by atoms with Gasteiger partial charge in [0, 0.05) is 47.9 Å². The van der Waals surface area contributed by atoms with Crippen molar-refractivity contribution in [2.24, 2.45) is 5.92 Å². The van der Waals surface area contributed by atoms with Crippen LogP contribution in [0.15, 0.2) is 24.9 Å². The number of hydrogen-bond donors (Lipinski definition) is 2. The second kappa shape index (κ2) is 7.54. The van der Waals surface area contributed by atoms with Crippen LogP contribution >= 0.6 is 11.3 Å². The first-order valence-corrected chi connectivity index (χ1v) is 9.63. The molecule has 3 heterocycles. The summed E-state index contributed by atoms with van der Waals surface area (Å²) >= 11 is 1.74. The van der Waals surface area contributed by atoms with Gasteiger partial charge in [0.15, 0.2) is 5.13 Å². The number of aromatic nitrogens is 2. The topological polar surface area (TPSA) is 67.1 Å². The van der Waals surface area contributed by atoms with E-state index in [0.29, 0.717) is 17.8 Å². The number of thiazole rings is 1. The molecule has 3 N–H and O–H groups in total. The largest absolute Gasteiger partial charge is 0.383 e. The zero-order valence-electron chi connectivity index (χ0n) is 15.2. The molecule has 6 heteroatoms. The minimum Gasteiger partial charge on any atom is -0.383 e. The quantitative estimate of drug-likeness (QED) is 0.859. The fourth-order valence-corrected chi connectivity index (χ4v) is 4.30. The average Bonchev–Trinajstić information content (AvgIpc) is 2.96. The van der Waals surface area contributed by atoms with Crippen molar-refractivity contribution < 1.29 is 0 Å². The molecule has 1 fully saturated rings. The molecule has 0 saturated carbocycles. The van der Waals surface area contributed by atoms with Gasteiger partial charge in [-0.2, -0.15) is 0 Å². The van der Waals surface area contributed by atoms with Gasteiger partial charge in [0.05, 0.1) is 5.69 Å². The van der Waals surface area contributed by atoms with Gasteiger partial charge in [0.25, 0.3) is 0 Å². The first kappa shape index (κ1) is 17.9. The maximum Gasteiger partial charge on any atom is 0.186 e. The van der Waals surface area contributed by atoms with Crippen molar-refractivity contribution >= 4 is 27.9 Å². The summed E-state index contributed by atoms with van der Waals surface area (Å²) in [6.07, 6.45) is 2.88. The summed E-state index contributed by atoms with van der Waals surface area (Å²) in [5.41, 5.74) is 8.65. The first-order valence-electron chi connectivity index (χ1n) is 8.81. The van der Waals surface area contributed by atoms with E-state index in [2.05, 4.69) is 42.6 Å². The van der Waals surface area contributed by atoms with Crippen LogP contribution in [-0.2, 0) is 0 Å². The Morgan fingerprint density at radius 3 is 3.04 bits per heavy atom. The molecule has 5 nitrogen and oxygen atoms in total. The summed E-state index contributed by atoms with van der Waals surface area (Å²) in [6, 6.07) is 4.36. The smallest absolute Gasteiger partial charge is 0.186 e. The molecule has 1 aliphatic heterocycles. The molecule has 0 unspecified atom stereocenters. The first-order chi connectivity index (χ1) is 12.0. The van der Waals surface area contributed by atoms with E-state index in [9.17, 15) is 0 Å². The fraction of sp³-hybridized carbons (Fsp3) is 0.474. The van der Waals surface area contributed by atoms with E-state index in [1.165, 1.54) is 11.3 Å².